The minimum Gasteiger partial charge on any atom is -0.339 e. The van der Waals surface area contributed by atoms with Crippen LogP contribution in [0, 0.1) is 19.8 Å². The van der Waals surface area contributed by atoms with Gasteiger partial charge in [0.2, 0.25) is 5.91 Å². The second kappa shape index (κ2) is 7.92. The predicted octanol–water partition coefficient (Wildman–Crippen LogP) is 4.45. The van der Waals surface area contributed by atoms with Gasteiger partial charge in [0.15, 0.2) is 0 Å². The minimum atomic E-state index is -0.0710. The summed E-state index contributed by atoms with van der Waals surface area (Å²) in [5.41, 5.74) is 3.63. The van der Waals surface area contributed by atoms with Gasteiger partial charge in [-0.15, -0.1) is 0 Å². The van der Waals surface area contributed by atoms with E-state index < -0.39 is 0 Å². The Hall–Kier alpha value is -2.33. The van der Waals surface area contributed by atoms with Crippen LogP contribution in [0.15, 0.2) is 42.5 Å². The maximum atomic E-state index is 12.6. The van der Waals surface area contributed by atoms with Gasteiger partial charge in [0.25, 0.3) is 5.91 Å². The fourth-order valence-corrected chi connectivity index (χ4v) is 3.44. The molecule has 4 nitrogen and oxygen atoms in total. The molecule has 0 atom stereocenters. The van der Waals surface area contributed by atoms with Crippen molar-refractivity contribution in [3.8, 4) is 0 Å². The summed E-state index contributed by atoms with van der Waals surface area (Å²) in [5.74, 6) is -0.0623. The molecule has 0 aromatic heterocycles. The molecule has 26 heavy (non-hydrogen) atoms. The SMILES string of the molecule is Cc1ccc(C)c(NC(=O)C2CCN(C(=O)c3cccc(Cl)c3)CC2)c1. The van der Waals surface area contributed by atoms with Crippen molar-refractivity contribution in [2.45, 2.75) is 26.7 Å². The fourth-order valence-electron chi connectivity index (χ4n) is 3.25. The van der Waals surface area contributed by atoms with Gasteiger partial charge in [-0.3, -0.25) is 9.59 Å². The van der Waals surface area contributed by atoms with Crippen LogP contribution in [-0.4, -0.2) is 29.8 Å². The molecular formula is C21H23ClN2O2. The van der Waals surface area contributed by atoms with Crippen LogP contribution < -0.4 is 5.32 Å². The summed E-state index contributed by atoms with van der Waals surface area (Å²) in [5, 5.41) is 3.60. The van der Waals surface area contributed by atoms with Gasteiger partial charge >= 0.3 is 0 Å². The summed E-state index contributed by atoms with van der Waals surface area (Å²) in [6.45, 7) is 5.16. The van der Waals surface area contributed by atoms with E-state index in [1.54, 1.807) is 29.2 Å². The third-order valence-corrected chi connectivity index (χ3v) is 5.11. The van der Waals surface area contributed by atoms with E-state index in [-0.39, 0.29) is 17.7 Å². The molecule has 1 aliphatic heterocycles. The second-order valence-electron chi connectivity index (χ2n) is 6.88. The van der Waals surface area contributed by atoms with Crippen LogP contribution in [-0.2, 0) is 4.79 Å². The lowest BCUT2D eigenvalue weighted by molar-refractivity contribution is -0.121. The van der Waals surface area contributed by atoms with Crippen LogP contribution in [0.1, 0.15) is 34.3 Å². The molecule has 0 unspecified atom stereocenters. The molecule has 1 heterocycles. The summed E-state index contributed by atoms with van der Waals surface area (Å²) >= 11 is 5.97. The van der Waals surface area contributed by atoms with Crippen molar-refractivity contribution in [1.82, 2.24) is 4.90 Å². The second-order valence-corrected chi connectivity index (χ2v) is 7.32. The Bertz CT molecular complexity index is 827. The summed E-state index contributed by atoms with van der Waals surface area (Å²) in [6.07, 6.45) is 1.34. The molecule has 2 aromatic rings. The number of hydrogen-bond acceptors (Lipinski definition) is 2. The molecule has 0 saturated carbocycles. The molecule has 1 aliphatic rings. The number of aryl methyl sites for hydroxylation is 2. The first kappa shape index (κ1) is 18.5. The highest BCUT2D eigenvalue weighted by Gasteiger charge is 2.28. The summed E-state index contributed by atoms with van der Waals surface area (Å²) in [4.78, 5) is 27.0. The zero-order valence-corrected chi connectivity index (χ0v) is 15.8. The number of benzene rings is 2. The molecule has 1 saturated heterocycles. The Morgan fingerprint density at radius 3 is 2.50 bits per heavy atom. The Morgan fingerprint density at radius 1 is 1.08 bits per heavy atom. The van der Waals surface area contributed by atoms with E-state index in [2.05, 4.69) is 5.32 Å². The summed E-state index contributed by atoms with van der Waals surface area (Å²) in [6, 6.07) is 13.0. The quantitative estimate of drug-likeness (QED) is 0.867. The molecule has 0 bridgehead atoms. The molecule has 2 aromatic carbocycles. The first-order chi connectivity index (χ1) is 12.4. The highest BCUT2D eigenvalue weighted by molar-refractivity contribution is 6.30. The first-order valence-corrected chi connectivity index (χ1v) is 9.25. The van der Waals surface area contributed by atoms with Crippen molar-refractivity contribution in [3.05, 3.63) is 64.2 Å². The number of nitrogens with one attached hydrogen (secondary N) is 1. The van der Waals surface area contributed by atoms with Crippen LogP contribution >= 0.6 is 11.6 Å². The fraction of sp³-hybridized carbons (Fsp3) is 0.333. The monoisotopic (exact) mass is 370 g/mol. The number of likely N-dealkylation sites (tertiary alicyclic amines) is 1. The molecule has 0 spiro atoms. The number of rotatable bonds is 3. The number of anilines is 1. The van der Waals surface area contributed by atoms with Crippen LogP contribution in [0.3, 0.4) is 0 Å². The maximum absolute atomic E-state index is 12.6. The van der Waals surface area contributed by atoms with Gasteiger partial charge in [-0.25, -0.2) is 0 Å². The van der Waals surface area contributed by atoms with Gasteiger partial charge in [-0.1, -0.05) is 29.8 Å². The van der Waals surface area contributed by atoms with Crippen molar-refractivity contribution in [2.75, 3.05) is 18.4 Å². The maximum Gasteiger partial charge on any atom is 0.253 e. The van der Waals surface area contributed by atoms with E-state index in [0.29, 0.717) is 36.5 Å². The lowest BCUT2D eigenvalue weighted by atomic mass is 9.95. The van der Waals surface area contributed by atoms with Gasteiger partial charge in [0.1, 0.15) is 0 Å². The predicted molar refractivity (Wildman–Crippen MR) is 105 cm³/mol. The van der Waals surface area contributed by atoms with Crippen molar-refractivity contribution < 1.29 is 9.59 Å². The first-order valence-electron chi connectivity index (χ1n) is 8.87. The van der Waals surface area contributed by atoms with Crippen molar-refractivity contribution in [2.24, 2.45) is 5.92 Å². The Morgan fingerprint density at radius 2 is 1.81 bits per heavy atom. The van der Waals surface area contributed by atoms with E-state index in [0.717, 1.165) is 16.8 Å². The van der Waals surface area contributed by atoms with Crippen molar-refractivity contribution in [3.63, 3.8) is 0 Å². The highest BCUT2D eigenvalue weighted by Crippen LogP contribution is 2.23. The number of carbonyl (C=O) groups excluding carboxylic acids is 2. The van der Waals surface area contributed by atoms with Crippen LogP contribution in [0.5, 0.6) is 0 Å². The summed E-state index contributed by atoms with van der Waals surface area (Å²) in [7, 11) is 0. The number of carbonyl (C=O) groups is 2. The average molecular weight is 371 g/mol. The Kier molecular flexibility index (Phi) is 5.62. The molecule has 1 N–H and O–H groups in total. The standard InChI is InChI=1S/C21H23ClN2O2/c1-14-6-7-15(2)19(12-14)23-20(25)16-8-10-24(11-9-16)21(26)17-4-3-5-18(22)13-17/h3-7,12-13,16H,8-11H2,1-2H3,(H,23,25). The number of halogens is 1. The highest BCUT2D eigenvalue weighted by atomic mass is 35.5. The largest absolute Gasteiger partial charge is 0.339 e. The van der Waals surface area contributed by atoms with Gasteiger partial charge in [0, 0.05) is 35.3 Å². The van der Waals surface area contributed by atoms with E-state index >= 15 is 0 Å². The Labute approximate surface area is 159 Å². The average Bonchev–Trinajstić information content (AvgIpc) is 2.64. The van der Waals surface area contributed by atoms with Gasteiger partial charge < -0.3 is 10.2 Å². The summed E-state index contributed by atoms with van der Waals surface area (Å²) < 4.78 is 0. The molecule has 2 amide bonds. The lowest BCUT2D eigenvalue weighted by Gasteiger charge is -2.31. The minimum absolute atomic E-state index is 0.0270. The lowest BCUT2D eigenvalue weighted by Crippen LogP contribution is -2.41. The van der Waals surface area contributed by atoms with Crippen LogP contribution in [0.2, 0.25) is 5.02 Å². The van der Waals surface area contributed by atoms with Crippen LogP contribution in [0.25, 0.3) is 0 Å². The number of piperidine rings is 1. The van der Waals surface area contributed by atoms with Gasteiger partial charge in [-0.2, -0.15) is 0 Å². The molecule has 136 valence electrons. The molecule has 1 fully saturated rings. The topological polar surface area (TPSA) is 49.4 Å². The zero-order chi connectivity index (χ0) is 18.7. The molecule has 5 heteroatoms. The molecule has 0 radical (unpaired) electrons. The van der Waals surface area contributed by atoms with Gasteiger partial charge in [-0.05, 0) is 62.1 Å². The number of nitrogens with zero attached hydrogens (tertiary/aromatic N) is 1. The van der Waals surface area contributed by atoms with E-state index in [1.807, 2.05) is 32.0 Å². The third kappa shape index (κ3) is 4.25. The molecule has 0 aliphatic carbocycles. The Balaban J connectivity index is 1.58. The zero-order valence-electron chi connectivity index (χ0n) is 15.1. The number of hydrogen-bond donors (Lipinski definition) is 1. The smallest absolute Gasteiger partial charge is 0.253 e. The third-order valence-electron chi connectivity index (χ3n) is 4.88. The van der Waals surface area contributed by atoms with E-state index in [9.17, 15) is 9.59 Å². The normalized spacial score (nSPS) is 15.0. The molecular weight excluding hydrogens is 348 g/mol. The van der Waals surface area contributed by atoms with E-state index in [1.165, 1.54) is 0 Å². The van der Waals surface area contributed by atoms with Crippen molar-refractivity contribution in [1.29, 1.82) is 0 Å². The molecule has 3 rings (SSSR count). The number of amides is 2. The van der Waals surface area contributed by atoms with Crippen LogP contribution in [0.4, 0.5) is 5.69 Å². The van der Waals surface area contributed by atoms with Crippen molar-refractivity contribution >= 4 is 29.1 Å². The van der Waals surface area contributed by atoms with E-state index in [4.69, 9.17) is 11.6 Å². The van der Waals surface area contributed by atoms with Gasteiger partial charge in [0.05, 0.1) is 0 Å².